The number of hydrogen-bond acceptors (Lipinski definition) is 5. The molecule has 3 amide bonds. The molecule has 1 unspecified atom stereocenters. The summed E-state index contributed by atoms with van der Waals surface area (Å²) in [6, 6.07) is 17.4. The zero-order valence-electron chi connectivity index (χ0n) is 17.6. The second kappa shape index (κ2) is 12.0. The Labute approximate surface area is 181 Å². The van der Waals surface area contributed by atoms with Crippen LogP contribution in [0.2, 0.25) is 0 Å². The third-order valence-corrected chi connectivity index (χ3v) is 4.21. The van der Waals surface area contributed by atoms with E-state index >= 15 is 0 Å². The van der Waals surface area contributed by atoms with Crippen molar-refractivity contribution < 1.29 is 19.1 Å². The Hall–Kier alpha value is -3.81. The van der Waals surface area contributed by atoms with Gasteiger partial charge in [-0.25, -0.2) is 4.79 Å². The smallest absolute Gasteiger partial charge is 0.408 e. The van der Waals surface area contributed by atoms with Crippen molar-refractivity contribution in [1.29, 1.82) is 0 Å². The molecule has 0 radical (unpaired) electrons. The van der Waals surface area contributed by atoms with Gasteiger partial charge in [0, 0.05) is 11.9 Å². The van der Waals surface area contributed by atoms with Crippen molar-refractivity contribution in [3.05, 3.63) is 78.1 Å². The monoisotopic (exact) mass is 424 g/mol. The summed E-state index contributed by atoms with van der Waals surface area (Å²) in [5, 5.41) is 7.95. The van der Waals surface area contributed by atoms with Crippen LogP contribution in [0.25, 0.3) is 0 Å². The van der Waals surface area contributed by atoms with E-state index in [9.17, 15) is 14.4 Å². The maximum atomic E-state index is 12.8. The average molecular weight is 425 g/mol. The number of alkyl carbamates (subject to hydrolysis) is 1. The van der Waals surface area contributed by atoms with Crippen LogP contribution < -0.4 is 21.7 Å². The summed E-state index contributed by atoms with van der Waals surface area (Å²) in [5.41, 5.74) is 6.81. The van der Waals surface area contributed by atoms with Crippen molar-refractivity contribution in [3.8, 4) is 0 Å². The Morgan fingerprint density at radius 1 is 1.00 bits per heavy atom. The molecule has 1 atom stereocenters. The molecule has 2 aromatic rings. The highest BCUT2D eigenvalue weighted by atomic mass is 16.5. The maximum absolute atomic E-state index is 12.8. The third-order valence-electron chi connectivity index (χ3n) is 4.21. The molecule has 5 N–H and O–H groups in total. The molecule has 8 heteroatoms. The summed E-state index contributed by atoms with van der Waals surface area (Å²) in [6.45, 7) is 3.91. The lowest BCUT2D eigenvalue weighted by Gasteiger charge is -2.20. The van der Waals surface area contributed by atoms with Crippen LogP contribution in [-0.4, -0.2) is 23.9 Å². The van der Waals surface area contributed by atoms with Crippen molar-refractivity contribution in [3.63, 3.8) is 0 Å². The molecule has 8 nitrogen and oxygen atoms in total. The molecule has 31 heavy (non-hydrogen) atoms. The van der Waals surface area contributed by atoms with Gasteiger partial charge in [0.05, 0.1) is 0 Å². The molecule has 0 fully saturated rings. The Balaban J connectivity index is 2.00. The van der Waals surface area contributed by atoms with Gasteiger partial charge >= 0.3 is 6.09 Å². The van der Waals surface area contributed by atoms with Gasteiger partial charge in [-0.1, -0.05) is 62.4 Å². The fraction of sp³-hybridized carbons (Fsp3) is 0.261. The van der Waals surface area contributed by atoms with Crippen LogP contribution in [0.5, 0.6) is 0 Å². The number of primary amides is 1. The van der Waals surface area contributed by atoms with Crippen LogP contribution in [0.15, 0.2) is 72.6 Å². The minimum atomic E-state index is -0.900. The van der Waals surface area contributed by atoms with Gasteiger partial charge in [-0.05, 0) is 30.0 Å². The number of rotatable bonds is 10. The molecule has 164 valence electrons. The summed E-state index contributed by atoms with van der Waals surface area (Å²) in [6.07, 6.45) is 0.942. The van der Waals surface area contributed by atoms with E-state index in [4.69, 9.17) is 10.5 Å². The summed E-state index contributed by atoms with van der Waals surface area (Å²) < 4.78 is 5.20. The quantitative estimate of drug-likeness (QED) is 0.437. The van der Waals surface area contributed by atoms with E-state index < -0.39 is 23.9 Å². The molecule has 0 bridgehead atoms. The topological polar surface area (TPSA) is 123 Å². The number of amides is 3. The first kappa shape index (κ1) is 23.5. The minimum absolute atomic E-state index is 0.0795. The van der Waals surface area contributed by atoms with Crippen LogP contribution in [0, 0.1) is 5.92 Å². The van der Waals surface area contributed by atoms with Crippen molar-refractivity contribution in [2.45, 2.75) is 32.9 Å². The van der Waals surface area contributed by atoms with Crippen molar-refractivity contribution in [2.75, 3.05) is 5.32 Å². The molecule has 0 aromatic heterocycles. The number of carbonyl (C=O) groups is 3. The fourth-order valence-electron chi connectivity index (χ4n) is 2.69. The molecule has 0 aliphatic heterocycles. The van der Waals surface area contributed by atoms with E-state index in [1.807, 2.05) is 62.4 Å². The van der Waals surface area contributed by atoms with E-state index in [2.05, 4.69) is 16.0 Å². The highest BCUT2D eigenvalue weighted by Crippen LogP contribution is 2.09. The van der Waals surface area contributed by atoms with Gasteiger partial charge < -0.3 is 26.4 Å². The lowest BCUT2D eigenvalue weighted by molar-refractivity contribution is -0.124. The van der Waals surface area contributed by atoms with Gasteiger partial charge in [0.1, 0.15) is 18.3 Å². The van der Waals surface area contributed by atoms with Crippen LogP contribution in [0.1, 0.15) is 25.8 Å². The number of ether oxygens (including phenoxy) is 1. The molecule has 0 saturated heterocycles. The SMILES string of the molecule is CC(C)CC(NC(=O)OCc1ccccc1)C(=O)N/C(=C/Nc1ccccc1)C(N)=O. The first-order valence-corrected chi connectivity index (χ1v) is 9.94. The Morgan fingerprint density at radius 3 is 2.19 bits per heavy atom. The minimum Gasteiger partial charge on any atom is -0.445 e. The Morgan fingerprint density at radius 2 is 1.61 bits per heavy atom. The van der Waals surface area contributed by atoms with E-state index in [1.165, 1.54) is 6.20 Å². The van der Waals surface area contributed by atoms with Crippen molar-refractivity contribution in [1.82, 2.24) is 10.6 Å². The van der Waals surface area contributed by atoms with Gasteiger partial charge in [0.15, 0.2) is 0 Å². The normalized spacial score (nSPS) is 12.0. The lowest BCUT2D eigenvalue weighted by atomic mass is 10.0. The van der Waals surface area contributed by atoms with Crippen LogP contribution in [-0.2, 0) is 20.9 Å². The van der Waals surface area contributed by atoms with Gasteiger partial charge in [0.25, 0.3) is 5.91 Å². The van der Waals surface area contributed by atoms with Gasteiger partial charge in [-0.3, -0.25) is 9.59 Å². The van der Waals surface area contributed by atoms with E-state index in [-0.39, 0.29) is 18.2 Å². The average Bonchev–Trinajstić information content (AvgIpc) is 2.75. The fourth-order valence-corrected chi connectivity index (χ4v) is 2.69. The zero-order chi connectivity index (χ0) is 22.6. The maximum Gasteiger partial charge on any atom is 0.408 e. The summed E-state index contributed by atoms with van der Waals surface area (Å²) in [4.78, 5) is 36.7. The molecule has 0 saturated carbocycles. The second-order valence-electron chi connectivity index (χ2n) is 7.31. The molecule has 0 heterocycles. The number of benzene rings is 2. The predicted molar refractivity (Wildman–Crippen MR) is 118 cm³/mol. The molecule has 0 spiro atoms. The van der Waals surface area contributed by atoms with Gasteiger partial charge in [-0.2, -0.15) is 0 Å². The highest BCUT2D eigenvalue weighted by Gasteiger charge is 2.24. The number of para-hydroxylation sites is 1. The number of nitrogens with two attached hydrogens (primary N) is 1. The standard InChI is InChI=1S/C23H28N4O4/c1-16(2)13-19(27-23(30)31-15-17-9-5-3-6-10-17)22(29)26-20(21(24)28)14-25-18-11-7-4-8-12-18/h3-12,14,16,19,25H,13,15H2,1-2H3,(H2,24,28)(H,26,29)(H,27,30)/b20-14+. The number of carbonyl (C=O) groups excluding carboxylic acids is 3. The molecule has 0 aliphatic carbocycles. The Kier molecular flexibility index (Phi) is 9.10. The summed E-state index contributed by atoms with van der Waals surface area (Å²) >= 11 is 0. The lowest BCUT2D eigenvalue weighted by Crippen LogP contribution is -2.48. The molecule has 2 aromatic carbocycles. The zero-order valence-corrected chi connectivity index (χ0v) is 17.6. The largest absolute Gasteiger partial charge is 0.445 e. The van der Waals surface area contributed by atoms with Gasteiger partial charge in [-0.15, -0.1) is 0 Å². The third kappa shape index (κ3) is 8.61. The summed E-state index contributed by atoms with van der Waals surface area (Å²) in [7, 11) is 0. The molecule has 2 rings (SSSR count). The first-order valence-electron chi connectivity index (χ1n) is 9.94. The van der Waals surface area contributed by atoms with Gasteiger partial charge in [0.2, 0.25) is 5.91 Å². The molecular weight excluding hydrogens is 396 g/mol. The van der Waals surface area contributed by atoms with Crippen LogP contribution >= 0.6 is 0 Å². The number of nitrogens with one attached hydrogen (secondary N) is 3. The van der Waals surface area contributed by atoms with E-state index in [0.717, 1.165) is 11.3 Å². The predicted octanol–water partition coefficient (Wildman–Crippen LogP) is 2.88. The second-order valence-corrected chi connectivity index (χ2v) is 7.31. The van der Waals surface area contributed by atoms with E-state index in [1.54, 1.807) is 12.1 Å². The van der Waals surface area contributed by atoms with Crippen LogP contribution in [0.4, 0.5) is 10.5 Å². The van der Waals surface area contributed by atoms with E-state index in [0.29, 0.717) is 6.42 Å². The molecular formula is C23H28N4O4. The summed E-state index contributed by atoms with van der Waals surface area (Å²) in [5.74, 6) is -1.27. The van der Waals surface area contributed by atoms with Crippen LogP contribution in [0.3, 0.4) is 0 Å². The first-order chi connectivity index (χ1) is 14.8. The molecule has 0 aliphatic rings. The van der Waals surface area contributed by atoms with Crippen molar-refractivity contribution >= 4 is 23.6 Å². The number of hydrogen-bond donors (Lipinski definition) is 4. The highest BCUT2D eigenvalue weighted by molar-refractivity contribution is 5.98. The number of anilines is 1. The van der Waals surface area contributed by atoms with Crippen molar-refractivity contribution in [2.24, 2.45) is 11.7 Å². The Bertz CT molecular complexity index is 898.